The van der Waals surface area contributed by atoms with Gasteiger partial charge in [-0.25, -0.2) is 0 Å². The summed E-state index contributed by atoms with van der Waals surface area (Å²) < 4.78 is 11.3. The lowest BCUT2D eigenvalue weighted by Crippen LogP contribution is -2.27. The number of aromatic nitrogens is 2. The van der Waals surface area contributed by atoms with E-state index >= 15 is 0 Å². The number of rotatable bonds is 7. The summed E-state index contributed by atoms with van der Waals surface area (Å²) in [7, 11) is 0. The summed E-state index contributed by atoms with van der Waals surface area (Å²) >= 11 is 0. The Bertz CT molecular complexity index is 769. The second kappa shape index (κ2) is 7.75. The normalized spacial score (nSPS) is 11.0. The van der Waals surface area contributed by atoms with Crippen LogP contribution in [-0.2, 0) is 0 Å². The molecule has 3 aromatic rings. The van der Waals surface area contributed by atoms with Crippen LogP contribution in [0.5, 0.6) is 5.75 Å². The van der Waals surface area contributed by atoms with Crippen molar-refractivity contribution in [3.05, 3.63) is 54.6 Å². The number of hydrogen-bond acceptors (Lipinski definition) is 5. The van der Waals surface area contributed by atoms with Crippen molar-refractivity contribution >= 4 is 0 Å². The van der Waals surface area contributed by atoms with E-state index in [-0.39, 0.29) is 0 Å². The van der Waals surface area contributed by atoms with E-state index in [1.54, 1.807) is 0 Å². The van der Waals surface area contributed by atoms with Gasteiger partial charge in [-0.15, -0.1) is 0 Å². The molecule has 0 aliphatic heterocycles. The molecule has 0 fully saturated rings. The summed E-state index contributed by atoms with van der Waals surface area (Å²) in [6, 6.07) is 17.9. The van der Waals surface area contributed by atoms with Gasteiger partial charge in [-0.1, -0.05) is 61.5 Å². The molecule has 1 N–H and O–H groups in total. The number of hydrogen-bond donors (Lipinski definition) is 1. The molecule has 1 heterocycles. The molecule has 0 atom stereocenters. The first-order chi connectivity index (χ1) is 11.7. The maximum Gasteiger partial charge on any atom is 0.262 e. The van der Waals surface area contributed by atoms with Crippen molar-refractivity contribution in [3.63, 3.8) is 0 Å². The summed E-state index contributed by atoms with van der Waals surface area (Å²) in [5, 5.41) is 7.39. The third-order valence-electron chi connectivity index (χ3n) is 3.49. The van der Waals surface area contributed by atoms with Gasteiger partial charge in [0, 0.05) is 18.2 Å². The Balaban J connectivity index is 1.76. The number of nitrogens with zero attached hydrogens (tertiary/aromatic N) is 2. The second-order valence-corrected chi connectivity index (χ2v) is 5.74. The van der Waals surface area contributed by atoms with E-state index in [4.69, 9.17) is 9.26 Å². The Morgan fingerprint density at radius 2 is 1.79 bits per heavy atom. The fourth-order valence-corrected chi connectivity index (χ4v) is 2.32. The number of benzene rings is 2. The average Bonchev–Trinajstić information content (AvgIpc) is 3.10. The monoisotopic (exact) mass is 323 g/mol. The molecule has 0 saturated carbocycles. The molecule has 0 bridgehead atoms. The minimum atomic E-state index is 0.438. The van der Waals surface area contributed by atoms with Crippen molar-refractivity contribution in [3.8, 4) is 28.6 Å². The van der Waals surface area contributed by atoms with Gasteiger partial charge >= 0.3 is 0 Å². The molecule has 5 heteroatoms. The lowest BCUT2D eigenvalue weighted by Gasteiger charge is -2.11. The standard InChI is InChI=1S/C19H21N3O2/c1-14(2)20-12-13-23-17-11-7-6-10-16(17)19-21-18(22-24-19)15-8-4-3-5-9-15/h3-11,14,20H,12-13H2,1-2H3. The molecule has 0 aliphatic rings. The Morgan fingerprint density at radius 1 is 1.04 bits per heavy atom. The van der Waals surface area contributed by atoms with Crippen LogP contribution in [0.1, 0.15) is 13.8 Å². The Morgan fingerprint density at radius 3 is 2.58 bits per heavy atom. The summed E-state index contributed by atoms with van der Waals surface area (Å²) in [5.74, 6) is 1.77. The molecule has 0 unspecified atom stereocenters. The predicted molar refractivity (Wildman–Crippen MR) is 93.8 cm³/mol. The molecule has 24 heavy (non-hydrogen) atoms. The fraction of sp³-hybridized carbons (Fsp3) is 0.263. The predicted octanol–water partition coefficient (Wildman–Crippen LogP) is 3.78. The molecule has 2 aromatic carbocycles. The van der Waals surface area contributed by atoms with Crippen molar-refractivity contribution < 1.29 is 9.26 Å². The van der Waals surface area contributed by atoms with Gasteiger partial charge in [-0.05, 0) is 12.1 Å². The Kier molecular flexibility index (Phi) is 5.23. The zero-order chi connectivity index (χ0) is 16.8. The maximum absolute atomic E-state index is 5.87. The van der Waals surface area contributed by atoms with Crippen LogP contribution in [0.2, 0.25) is 0 Å². The molecule has 0 radical (unpaired) electrons. The summed E-state index contributed by atoms with van der Waals surface area (Å²) in [6.07, 6.45) is 0. The molecule has 0 amide bonds. The van der Waals surface area contributed by atoms with Crippen LogP contribution in [0.3, 0.4) is 0 Å². The molecule has 0 saturated heterocycles. The van der Waals surface area contributed by atoms with Crippen molar-refractivity contribution in [1.82, 2.24) is 15.5 Å². The quantitative estimate of drug-likeness (QED) is 0.671. The fourth-order valence-electron chi connectivity index (χ4n) is 2.32. The first-order valence-corrected chi connectivity index (χ1v) is 8.09. The molecular formula is C19H21N3O2. The molecule has 124 valence electrons. The van der Waals surface area contributed by atoms with Crippen LogP contribution in [-0.4, -0.2) is 29.3 Å². The number of ether oxygens (including phenoxy) is 1. The largest absolute Gasteiger partial charge is 0.491 e. The minimum Gasteiger partial charge on any atom is -0.491 e. The van der Waals surface area contributed by atoms with E-state index in [0.29, 0.717) is 24.4 Å². The third kappa shape index (κ3) is 4.00. The molecule has 3 rings (SSSR count). The van der Waals surface area contributed by atoms with Gasteiger partial charge in [-0.3, -0.25) is 0 Å². The van der Waals surface area contributed by atoms with E-state index in [0.717, 1.165) is 23.4 Å². The highest BCUT2D eigenvalue weighted by Gasteiger charge is 2.14. The topological polar surface area (TPSA) is 60.2 Å². The summed E-state index contributed by atoms with van der Waals surface area (Å²) in [4.78, 5) is 4.49. The van der Waals surface area contributed by atoms with E-state index in [2.05, 4.69) is 29.3 Å². The van der Waals surface area contributed by atoms with Gasteiger partial charge in [0.2, 0.25) is 5.82 Å². The molecular weight excluding hydrogens is 302 g/mol. The van der Waals surface area contributed by atoms with Crippen molar-refractivity contribution in [1.29, 1.82) is 0 Å². The average molecular weight is 323 g/mol. The maximum atomic E-state index is 5.87. The summed E-state index contributed by atoms with van der Waals surface area (Å²) in [6.45, 7) is 5.58. The minimum absolute atomic E-state index is 0.438. The molecule has 5 nitrogen and oxygen atoms in total. The lowest BCUT2D eigenvalue weighted by molar-refractivity contribution is 0.308. The van der Waals surface area contributed by atoms with Gasteiger partial charge in [-0.2, -0.15) is 4.98 Å². The van der Waals surface area contributed by atoms with E-state index < -0.39 is 0 Å². The zero-order valence-electron chi connectivity index (χ0n) is 13.9. The highest BCUT2D eigenvalue weighted by Crippen LogP contribution is 2.30. The van der Waals surface area contributed by atoms with Gasteiger partial charge in [0.25, 0.3) is 5.89 Å². The van der Waals surface area contributed by atoms with E-state index in [1.807, 2.05) is 54.6 Å². The highest BCUT2D eigenvalue weighted by molar-refractivity contribution is 5.65. The Hall–Kier alpha value is -2.66. The van der Waals surface area contributed by atoms with Crippen LogP contribution in [0.15, 0.2) is 59.1 Å². The molecule has 0 spiro atoms. The van der Waals surface area contributed by atoms with Crippen molar-refractivity contribution in [2.45, 2.75) is 19.9 Å². The smallest absolute Gasteiger partial charge is 0.262 e. The first kappa shape index (κ1) is 16.2. The second-order valence-electron chi connectivity index (χ2n) is 5.74. The number of nitrogens with one attached hydrogen (secondary N) is 1. The SMILES string of the molecule is CC(C)NCCOc1ccccc1-c1nc(-c2ccccc2)no1. The third-order valence-corrected chi connectivity index (χ3v) is 3.49. The van der Waals surface area contributed by atoms with Crippen LogP contribution >= 0.6 is 0 Å². The van der Waals surface area contributed by atoms with Gasteiger partial charge < -0.3 is 14.6 Å². The van der Waals surface area contributed by atoms with E-state index in [9.17, 15) is 0 Å². The Labute approximate surface area is 141 Å². The number of para-hydroxylation sites is 1. The van der Waals surface area contributed by atoms with Crippen LogP contribution in [0.25, 0.3) is 22.8 Å². The van der Waals surface area contributed by atoms with Crippen LogP contribution < -0.4 is 10.1 Å². The van der Waals surface area contributed by atoms with Gasteiger partial charge in [0.1, 0.15) is 12.4 Å². The van der Waals surface area contributed by atoms with Gasteiger partial charge in [0.15, 0.2) is 0 Å². The highest BCUT2D eigenvalue weighted by atomic mass is 16.5. The zero-order valence-corrected chi connectivity index (χ0v) is 13.9. The lowest BCUT2D eigenvalue weighted by atomic mass is 10.2. The van der Waals surface area contributed by atoms with Crippen molar-refractivity contribution in [2.75, 3.05) is 13.2 Å². The van der Waals surface area contributed by atoms with Crippen LogP contribution in [0.4, 0.5) is 0 Å². The van der Waals surface area contributed by atoms with Crippen molar-refractivity contribution in [2.24, 2.45) is 0 Å². The van der Waals surface area contributed by atoms with Crippen LogP contribution in [0, 0.1) is 0 Å². The van der Waals surface area contributed by atoms with E-state index in [1.165, 1.54) is 0 Å². The first-order valence-electron chi connectivity index (χ1n) is 8.09. The molecule has 1 aromatic heterocycles. The van der Waals surface area contributed by atoms with Gasteiger partial charge in [0.05, 0.1) is 5.56 Å². The summed E-state index contributed by atoms with van der Waals surface area (Å²) in [5.41, 5.74) is 1.73. The molecule has 0 aliphatic carbocycles.